The number of nitrogens with two attached hydrogens (primary N) is 1. The van der Waals surface area contributed by atoms with Gasteiger partial charge >= 0.3 is 0 Å². The number of amides is 1. The summed E-state index contributed by atoms with van der Waals surface area (Å²) in [6.45, 7) is 1.62. The quantitative estimate of drug-likeness (QED) is 0.459. The van der Waals surface area contributed by atoms with Crippen molar-refractivity contribution in [2.75, 3.05) is 17.2 Å². The molecule has 4 aliphatic rings. The number of fused-ring (bicyclic) bond motifs is 2. The molecule has 8 heteroatoms. The van der Waals surface area contributed by atoms with Crippen LogP contribution in [-0.2, 0) is 6.54 Å². The van der Waals surface area contributed by atoms with Gasteiger partial charge in [-0.3, -0.25) is 15.6 Å². The van der Waals surface area contributed by atoms with Crippen molar-refractivity contribution < 1.29 is 4.79 Å². The molecule has 2 aliphatic heterocycles. The summed E-state index contributed by atoms with van der Waals surface area (Å²) < 4.78 is 0. The second kappa shape index (κ2) is 7.50. The molecule has 3 heterocycles. The maximum Gasteiger partial charge on any atom is 0.255 e. The first-order valence-corrected chi connectivity index (χ1v) is 10.8. The molecule has 0 aromatic carbocycles. The molecule has 0 radical (unpaired) electrons. The first kappa shape index (κ1) is 18.1. The second-order valence-electron chi connectivity index (χ2n) is 8.82. The molecule has 28 heavy (non-hydrogen) atoms. The third-order valence-electron chi connectivity index (χ3n) is 6.91. The molecule has 1 amide bonds. The van der Waals surface area contributed by atoms with E-state index in [9.17, 15) is 4.79 Å². The van der Waals surface area contributed by atoms with E-state index >= 15 is 0 Å². The molecule has 3 fully saturated rings. The van der Waals surface area contributed by atoms with Gasteiger partial charge in [-0.1, -0.05) is 12.8 Å². The first-order chi connectivity index (χ1) is 13.7. The van der Waals surface area contributed by atoms with Crippen molar-refractivity contribution in [3.63, 3.8) is 0 Å². The zero-order chi connectivity index (χ0) is 19.1. The van der Waals surface area contributed by atoms with Crippen LogP contribution in [0.25, 0.3) is 0 Å². The number of hydrazine groups is 1. The number of aromatic nitrogens is 1. The van der Waals surface area contributed by atoms with E-state index in [4.69, 9.17) is 10.7 Å². The standard InChI is InChI=1S/C20H31N7O/c21-14-3-1-2-4-15(14)25-17-7-12-9-22-20(28)18(12)19(26-17)24-13-6-5-11-10-23-27-16(11)8-13/h7,11,13-16,23,27H,1-6,8-10,21H2,(H,22,28)(H2,24,25,26)/t11?,13?,14-,15+,16?/m0/s1. The van der Waals surface area contributed by atoms with Crippen molar-refractivity contribution in [1.82, 2.24) is 21.2 Å². The van der Waals surface area contributed by atoms with Crippen molar-refractivity contribution in [3.8, 4) is 0 Å². The van der Waals surface area contributed by atoms with Crippen LogP contribution in [0, 0.1) is 5.92 Å². The Morgan fingerprint density at radius 3 is 2.93 bits per heavy atom. The van der Waals surface area contributed by atoms with E-state index in [1.807, 2.05) is 6.07 Å². The summed E-state index contributed by atoms with van der Waals surface area (Å²) in [4.78, 5) is 17.2. The van der Waals surface area contributed by atoms with Crippen molar-refractivity contribution >= 4 is 17.5 Å². The number of pyridine rings is 1. The molecule has 2 aliphatic carbocycles. The van der Waals surface area contributed by atoms with E-state index in [0.717, 1.165) is 43.6 Å². The molecule has 1 saturated heterocycles. The lowest BCUT2D eigenvalue weighted by atomic mass is 9.83. The van der Waals surface area contributed by atoms with Crippen molar-refractivity contribution in [3.05, 3.63) is 17.2 Å². The average Bonchev–Trinajstić information content (AvgIpc) is 3.30. The average molecular weight is 386 g/mol. The van der Waals surface area contributed by atoms with Crippen LogP contribution < -0.4 is 32.5 Å². The van der Waals surface area contributed by atoms with Crippen LogP contribution in [0.4, 0.5) is 11.6 Å². The van der Waals surface area contributed by atoms with E-state index in [2.05, 4.69) is 26.8 Å². The highest BCUT2D eigenvalue weighted by atomic mass is 16.1. The molecule has 8 nitrogen and oxygen atoms in total. The molecule has 7 N–H and O–H groups in total. The van der Waals surface area contributed by atoms with Crippen molar-refractivity contribution in [2.24, 2.45) is 11.7 Å². The number of nitrogens with one attached hydrogen (secondary N) is 5. The number of hydrogen-bond acceptors (Lipinski definition) is 7. The number of carbonyl (C=O) groups excluding carboxylic acids is 1. The fourth-order valence-corrected chi connectivity index (χ4v) is 5.26. The Balaban J connectivity index is 1.37. The molecule has 5 rings (SSSR count). The lowest BCUT2D eigenvalue weighted by Crippen LogP contribution is -2.43. The predicted octanol–water partition coefficient (Wildman–Crippen LogP) is 1.06. The van der Waals surface area contributed by atoms with E-state index in [1.54, 1.807) is 0 Å². The van der Waals surface area contributed by atoms with Crippen LogP contribution in [-0.4, -0.2) is 41.6 Å². The van der Waals surface area contributed by atoms with Gasteiger partial charge in [-0.25, -0.2) is 4.98 Å². The number of hydrogen-bond donors (Lipinski definition) is 6. The number of rotatable bonds is 4. The topological polar surface area (TPSA) is 116 Å². The van der Waals surface area contributed by atoms with E-state index in [-0.39, 0.29) is 18.0 Å². The highest BCUT2D eigenvalue weighted by Gasteiger charge is 2.35. The summed E-state index contributed by atoms with van der Waals surface area (Å²) in [7, 11) is 0. The largest absolute Gasteiger partial charge is 0.367 e. The Kier molecular flexibility index (Phi) is 4.86. The van der Waals surface area contributed by atoms with Crippen LogP contribution in [0.5, 0.6) is 0 Å². The fraction of sp³-hybridized carbons (Fsp3) is 0.700. The SMILES string of the molecule is N[C@H]1CCCC[C@H]1Nc1cc2c(c(NC3CCC4CNNC4C3)n1)C(=O)NC2. The first-order valence-electron chi connectivity index (χ1n) is 10.8. The number of anilines is 2. The summed E-state index contributed by atoms with van der Waals surface area (Å²) in [5.41, 5.74) is 14.7. The van der Waals surface area contributed by atoms with E-state index < -0.39 is 0 Å². The minimum absolute atomic E-state index is 0.0275. The molecule has 3 unspecified atom stereocenters. The molecule has 152 valence electrons. The van der Waals surface area contributed by atoms with E-state index in [1.165, 1.54) is 19.3 Å². The van der Waals surface area contributed by atoms with Gasteiger partial charge in [0, 0.05) is 37.3 Å². The number of carbonyl (C=O) groups is 1. The van der Waals surface area contributed by atoms with Crippen LogP contribution in [0.3, 0.4) is 0 Å². The highest BCUT2D eigenvalue weighted by molar-refractivity contribution is 6.03. The van der Waals surface area contributed by atoms with Gasteiger partial charge in [-0.05, 0) is 49.7 Å². The fourth-order valence-electron chi connectivity index (χ4n) is 5.26. The van der Waals surface area contributed by atoms with E-state index in [0.29, 0.717) is 35.9 Å². The maximum absolute atomic E-state index is 12.4. The third kappa shape index (κ3) is 3.44. The molecule has 0 spiro atoms. The van der Waals surface area contributed by atoms with Crippen molar-refractivity contribution in [2.45, 2.75) is 75.7 Å². The van der Waals surface area contributed by atoms with Gasteiger partial charge in [0.25, 0.3) is 5.91 Å². The third-order valence-corrected chi connectivity index (χ3v) is 6.91. The normalized spacial score (nSPS) is 34.5. The Morgan fingerprint density at radius 2 is 2.04 bits per heavy atom. The lowest BCUT2D eigenvalue weighted by Gasteiger charge is -2.32. The molecule has 0 bridgehead atoms. The summed E-state index contributed by atoms with van der Waals surface area (Å²) >= 11 is 0. The summed E-state index contributed by atoms with van der Waals surface area (Å²) in [6.07, 6.45) is 7.87. The Bertz CT molecular complexity index is 754. The van der Waals surface area contributed by atoms with Gasteiger partial charge in [-0.2, -0.15) is 0 Å². The number of nitrogens with zero attached hydrogens (tertiary/aromatic N) is 1. The predicted molar refractivity (Wildman–Crippen MR) is 109 cm³/mol. The summed E-state index contributed by atoms with van der Waals surface area (Å²) in [5.74, 6) is 2.23. The molecule has 1 aromatic heterocycles. The summed E-state index contributed by atoms with van der Waals surface area (Å²) in [5, 5.41) is 10.1. The van der Waals surface area contributed by atoms with Crippen LogP contribution in [0.1, 0.15) is 60.9 Å². The Labute approximate surface area is 165 Å². The molecule has 5 atom stereocenters. The van der Waals surface area contributed by atoms with Gasteiger partial charge in [0.2, 0.25) is 0 Å². The molecule has 1 aromatic rings. The minimum atomic E-state index is -0.0275. The highest BCUT2D eigenvalue weighted by Crippen LogP contribution is 2.32. The Morgan fingerprint density at radius 1 is 1.14 bits per heavy atom. The molecule has 2 saturated carbocycles. The molecular weight excluding hydrogens is 354 g/mol. The monoisotopic (exact) mass is 385 g/mol. The zero-order valence-corrected chi connectivity index (χ0v) is 16.3. The van der Waals surface area contributed by atoms with Crippen LogP contribution >= 0.6 is 0 Å². The zero-order valence-electron chi connectivity index (χ0n) is 16.3. The van der Waals surface area contributed by atoms with Gasteiger partial charge in [0.15, 0.2) is 0 Å². The van der Waals surface area contributed by atoms with Crippen LogP contribution in [0.15, 0.2) is 6.07 Å². The smallest absolute Gasteiger partial charge is 0.255 e. The van der Waals surface area contributed by atoms with Gasteiger partial charge < -0.3 is 21.7 Å². The van der Waals surface area contributed by atoms with Gasteiger partial charge in [-0.15, -0.1) is 0 Å². The van der Waals surface area contributed by atoms with Crippen molar-refractivity contribution in [1.29, 1.82) is 0 Å². The Hall–Kier alpha value is -1.90. The van der Waals surface area contributed by atoms with Gasteiger partial charge in [0.1, 0.15) is 11.6 Å². The molecular formula is C20H31N7O. The van der Waals surface area contributed by atoms with Gasteiger partial charge in [0.05, 0.1) is 5.56 Å². The van der Waals surface area contributed by atoms with Crippen LogP contribution in [0.2, 0.25) is 0 Å². The summed E-state index contributed by atoms with van der Waals surface area (Å²) in [6, 6.07) is 3.25. The maximum atomic E-state index is 12.4. The lowest BCUT2D eigenvalue weighted by molar-refractivity contribution is 0.0966. The minimum Gasteiger partial charge on any atom is -0.367 e. The second-order valence-corrected chi connectivity index (χ2v) is 8.82.